The van der Waals surface area contributed by atoms with Crippen LogP contribution in [0.5, 0.6) is 0 Å². The van der Waals surface area contributed by atoms with Gasteiger partial charge in [0, 0.05) is 4.47 Å². The fourth-order valence-electron chi connectivity index (χ4n) is 4.56. The van der Waals surface area contributed by atoms with Crippen molar-refractivity contribution < 1.29 is 0 Å². The molecule has 0 saturated heterocycles. The largest absolute Gasteiger partial charge is 0.0711 e. The lowest BCUT2D eigenvalue weighted by Gasteiger charge is -2.21. The van der Waals surface area contributed by atoms with Gasteiger partial charge in [-0.05, 0) is 81.8 Å². The van der Waals surface area contributed by atoms with Crippen LogP contribution in [0, 0.1) is 17.4 Å². The summed E-state index contributed by atoms with van der Waals surface area (Å²) in [6.45, 7) is 2.16. The number of rotatable bonds is 1. The van der Waals surface area contributed by atoms with Gasteiger partial charge < -0.3 is 0 Å². The van der Waals surface area contributed by atoms with Crippen LogP contribution in [0.4, 0.5) is 0 Å². The molecule has 0 spiro atoms. The van der Waals surface area contributed by atoms with Gasteiger partial charge in [-0.1, -0.05) is 76.1 Å². The summed E-state index contributed by atoms with van der Waals surface area (Å²) in [5.74, 6) is 0. The zero-order valence-electron chi connectivity index (χ0n) is 15.0. The van der Waals surface area contributed by atoms with Gasteiger partial charge in [0.1, 0.15) is 0 Å². The summed E-state index contributed by atoms with van der Waals surface area (Å²) in [5, 5.41) is 5.61. The highest BCUT2D eigenvalue weighted by molar-refractivity contribution is 9.10. The monoisotopic (exact) mass is 400 g/mol. The Labute approximate surface area is 162 Å². The highest BCUT2D eigenvalue weighted by atomic mass is 79.9. The summed E-state index contributed by atoms with van der Waals surface area (Å²) in [6.07, 6.45) is 7.06. The van der Waals surface area contributed by atoms with Gasteiger partial charge in [-0.2, -0.15) is 0 Å². The van der Waals surface area contributed by atoms with Crippen LogP contribution < -0.4 is 10.4 Å². The molecule has 128 valence electrons. The Balaban J connectivity index is 1.87. The maximum Gasteiger partial charge on any atom is 0.0250 e. The number of fused-ring (bicyclic) bond motifs is 4. The van der Waals surface area contributed by atoms with Gasteiger partial charge >= 0.3 is 0 Å². The van der Waals surface area contributed by atoms with E-state index in [9.17, 15) is 0 Å². The molecule has 26 heavy (non-hydrogen) atoms. The molecule has 3 aromatic rings. The van der Waals surface area contributed by atoms with Crippen molar-refractivity contribution in [2.24, 2.45) is 0 Å². The highest BCUT2D eigenvalue weighted by Gasteiger charge is 2.16. The fraction of sp³-hybridized carbons (Fsp3) is 0.200. The molecule has 0 atom stereocenters. The first-order valence-electron chi connectivity index (χ1n) is 9.42. The van der Waals surface area contributed by atoms with E-state index < -0.39 is 0 Å². The van der Waals surface area contributed by atoms with E-state index in [2.05, 4.69) is 83.5 Å². The zero-order chi connectivity index (χ0) is 17.7. The van der Waals surface area contributed by atoms with Crippen LogP contribution in [0.2, 0.25) is 0 Å². The molecule has 2 aliphatic carbocycles. The molecule has 0 unspecified atom stereocenters. The Morgan fingerprint density at radius 1 is 0.769 bits per heavy atom. The molecule has 1 heteroatoms. The minimum absolute atomic E-state index is 1.04. The molecule has 3 aromatic carbocycles. The maximum atomic E-state index is 3.72. The molecule has 0 N–H and O–H groups in total. The first-order valence-corrected chi connectivity index (χ1v) is 10.2. The summed E-state index contributed by atoms with van der Waals surface area (Å²) in [6, 6.07) is 20.3. The van der Waals surface area contributed by atoms with Crippen molar-refractivity contribution in [1.82, 2.24) is 0 Å². The number of halogens is 1. The quantitative estimate of drug-likeness (QED) is 0.543. The fourth-order valence-corrected chi connectivity index (χ4v) is 5.09. The molecular weight excluding hydrogens is 380 g/mol. The van der Waals surface area contributed by atoms with Crippen LogP contribution in [0.3, 0.4) is 0 Å². The Kier molecular flexibility index (Phi) is 3.86. The molecule has 5 rings (SSSR count). The number of aryl methyl sites for hydroxylation is 1. The average Bonchev–Trinajstić information content (AvgIpc) is 2.68. The van der Waals surface area contributed by atoms with Crippen LogP contribution in [-0.2, 0) is 12.8 Å². The normalized spacial score (nSPS) is 14.9. The van der Waals surface area contributed by atoms with Gasteiger partial charge in [0.25, 0.3) is 0 Å². The van der Waals surface area contributed by atoms with Crippen molar-refractivity contribution in [1.29, 1.82) is 0 Å². The van der Waals surface area contributed by atoms with Crippen LogP contribution >= 0.6 is 15.9 Å². The molecule has 0 aromatic heterocycles. The van der Waals surface area contributed by atoms with E-state index in [1.54, 1.807) is 5.56 Å². The molecular formula is C25H21Br. The van der Waals surface area contributed by atoms with E-state index in [1.807, 2.05) is 0 Å². The second-order valence-electron chi connectivity index (χ2n) is 7.43. The van der Waals surface area contributed by atoms with Gasteiger partial charge in [0.05, 0.1) is 0 Å². The Bertz CT molecular complexity index is 1230. The summed E-state index contributed by atoms with van der Waals surface area (Å²) < 4.78 is 1.20. The van der Waals surface area contributed by atoms with E-state index in [1.165, 1.54) is 66.9 Å². The van der Waals surface area contributed by atoms with Crippen LogP contribution in [0.15, 0.2) is 59.1 Å². The second-order valence-corrected chi connectivity index (χ2v) is 8.28. The molecule has 0 amide bonds. The van der Waals surface area contributed by atoms with Crippen LogP contribution in [0.25, 0.3) is 11.6 Å². The third-order valence-corrected chi connectivity index (χ3v) is 6.55. The molecule has 0 aliphatic heterocycles. The zero-order valence-corrected chi connectivity index (χ0v) is 16.6. The third-order valence-electron chi connectivity index (χ3n) is 5.86. The molecule has 0 bridgehead atoms. The van der Waals surface area contributed by atoms with Gasteiger partial charge in [-0.3, -0.25) is 0 Å². The molecule has 0 heterocycles. The van der Waals surface area contributed by atoms with Crippen molar-refractivity contribution in [2.45, 2.75) is 32.6 Å². The standard InChI is InChI=1S/C25H21Br/c1-16-8-10-17(11-9-16)18-4-2-5-19-21(18)12-13-23-20-6-3-7-25(26)24(20)15-14-22(19)23/h3,6-13,15H,2,4-5,14H2,1H3. The smallest absolute Gasteiger partial charge is 0.0250 e. The summed E-state index contributed by atoms with van der Waals surface area (Å²) in [4.78, 5) is 0. The van der Waals surface area contributed by atoms with E-state index in [4.69, 9.17) is 0 Å². The van der Waals surface area contributed by atoms with Crippen molar-refractivity contribution in [3.05, 3.63) is 102 Å². The Morgan fingerprint density at radius 2 is 1.58 bits per heavy atom. The predicted molar refractivity (Wildman–Crippen MR) is 112 cm³/mol. The van der Waals surface area contributed by atoms with Crippen molar-refractivity contribution in [3.63, 3.8) is 0 Å². The first-order chi connectivity index (χ1) is 12.7. The minimum atomic E-state index is 1.04. The average molecular weight is 401 g/mol. The topological polar surface area (TPSA) is 0 Å². The lowest BCUT2D eigenvalue weighted by molar-refractivity contribution is 0.809. The lowest BCUT2D eigenvalue weighted by Crippen LogP contribution is -2.23. The highest BCUT2D eigenvalue weighted by Crippen LogP contribution is 2.26. The minimum Gasteiger partial charge on any atom is -0.0711 e. The van der Waals surface area contributed by atoms with Gasteiger partial charge in [-0.25, -0.2) is 0 Å². The molecule has 2 aliphatic rings. The van der Waals surface area contributed by atoms with E-state index in [-0.39, 0.29) is 0 Å². The predicted octanol–water partition coefficient (Wildman–Crippen LogP) is 4.92. The molecule has 0 nitrogen and oxygen atoms in total. The summed E-state index contributed by atoms with van der Waals surface area (Å²) in [5.41, 5.74) is 7.35. The van der Waals surface area contributed by atoms with Crippen LogP contribution in [0.1, 0.15) is 35.1 Å². The SMILES string of the molecule is Cc1ccc(C2=c3ccc4c(c3CCC2)CC=c2c(Br)cccc2=4)cc1. The van der Waals surface area contributed by atoms with E-state index in [0.29, 0.717) is 0 Å². The third kappa shape index (κ3) is 2.49. The van der Waals surface area contributed by atoms with Crippen molar-refractivity contribution in [3.8, 4) is 0 Å². The second kappa shape index (κ2) is 6.25. The maximum absolute atomic E-state index is 3.72. The first kappa shape index (κ1) is 16.1. The van der Waals surface area contributed by atoms with Gasteiger partial charge in [0.15, 0.2) is 0 Å². The Hall–Kier alpha value is -2.12. The van der Waals surface area contributed by atoms with E-state index >= 15 is 0 Å². The lowest BCUT2D eigenvalue weighted by atomic mass is 9.84. The summed E-state index contributed by atoms with van der Waals surface area (Å²) >= 11 is 3.72. The molecule has 0 radical (unpaired) electrons. The van der Waals surface area contributed by atoms with E-state index in [0.717, 1.165) is 6.42 Å². The molecule has 0 saturated carbocycles. The number of benzene rings is 3. The van der Waals surface area contributed by atoms with Crippen LogP contribution in [-0.4, -0.2) is 0 Å². The van der Waals surface area contributed by atoms with Gasteiger partial charge in [-0.15, -0.1) is 0 Å². The van der Waals surface area contributed by atoms with Gasteiger partial charge in [0.2, 0.25) is 0 Å². The Morgan fingerprint density at radius 3 is 2.42 bits per heavy atom. The van der Waals surface area contributed by atoms with Crippen molar-refractivity contribution >= 4 is 27.6 Å². The van der Waals surface area contributed by atoms with Crippen molar-refractivity contribution in [2.75, 3.05) is 0 Å². The number of hydrogen-bond donors (Lipinski definition) is 0. The molecule has 0 fully saturated rings. The number of hydrogen-bond acceptors (Lipinski definition) is 0. The summed E-state index contributed by atoms with van der Waals surface area (Å²) in [7, 11) is 0.